The van der Waals surface area contributed by atoms with Gasteiger partial charge in [-0.2, -0.15) is 0 Å². The number of nitrogens with two attached hydrogens (primary N) is 1. The molecule has 5 N–H and O–H groups in total. The highest BCUT2D eigenvalue weighted by atomic mass is 32.1. The maximum atomic E-state index is 12.0. The van der Waals surface area contributed by atoms with Crippen LogP contribution in [0.3, 0.4) is 0 Å². The van der Waals surface area contributed by atoms with Crippen LogP contribution in [0.1, 0.15) is 52.6 Å². The Morgan fingerprint density at radius 2 is 1.76 bits per heavy atom. The first-order chi connectivity index (χ1) is 10.1. The summed E-state index contributed by atoms with van der Waals surface area (Å²) in [6, 6.07) is 0. The van der Waals surface area contributed by atoms with Gasteiger partial charge in [-0.25, -0.2) is 0 Å². The van der Waals surface area contributed by atoms with Crippen LogP contribution in [0.5, 0.6) is 0 Å². The van der Waals surface area contributed by atoms with Crippen molar-refractivity contribution in [2.45, 2.75) is 32.6 Å². The van der Waals surface area contributed by atoms with Gasteiger partial charge >= 0.3 is 0 Å². The zero-order chi connectivity index (χ0) is 15.8. The van der Waals surface area contributed by atoms with Crippen LogP contribution < -0.4 is 21.7 Å². The fraction of sp³-hybridized carbons (Fsp3) is 0.571. The summed E-state index contributed by atoms with van der Waals surface area (Å²) in [5.74, 6) is -0.559. The molecule has 0 unspecified atom stereocenters. The van der Waals surface area contributed by atoms with Crippen LogP contribution in [0.2, 0.25) is 0 Å². The summed E-state index contributed by atoms with van der Waals surface area (Å²) < 4.78 is 0. The number of hydrogen-bond acceptors (Lipinski definition) is 5. The quantitative estimate of drug-likeness (QED) is 0.552. The minimum atomic E-state index is -0.282. The minimum Gasteiger partial charge on any atom is -0.397 e. The number of anilines is 2. The largest absolute Gasteiger partial charge is 0.397 e. The standard InChI is InChI=1S/C14H24N4O2S/c1-4-5-6-7-8-18-14-9(12(19)16-2)10(15)11(21-14)13(20)17-3/h18H,4-8,15H2,1-3H3,(H,16,19)(H,17,20). The SMILES string of the molecule is CCCCCCNc1sc(C(=O)NC)c(N)c1C(=O)NC. The highest BCUT2D eigenvalue weighted by molar-refractivity contribution is 7.19. The molecule has 0 radical (unpaired) electrons. The summed E-state index contributed by atoms with van der Waals surface area (Å²) in [7, 11) is 3.09. The number of carbonyl (C=O) groups is 2. The van der Waals surface area contributed by atoms with Gasteiger partial charge in [-0.1, -0.05) is 26.2 Å². The third-order valence-electron chi connectivity index (χ3n) is 3.15. The Morgan fingerprint density at radius 1 is 1.10 bits per heavy atom. The van der Waals surface area contributed by atoms with Crippen LogP contribution in [0.4, 0.5) is 10.7 Å². The van der Waals surface area contributed by atoms with Gasteiger partial charge in [0.25, 0.3) is 11.8 Å². The smallest absolute Gasteiger partial charge is 0.263 e. The molecule has 0 saturated carbocycles. The lowest BCUT2D eigenvalue weighted by molar-refractivity contribution is 0.0963. The molecule has 0 aliphatic heterocycles. The summed E-state index contributed by atoms with van der Waals surface area (Å²) >= 11 is 1.22. The molecule has 0 fully saturated rings. The van der Waals surface area contributed by atoms with E-state index in [1.54, 1.807) is 14.1 Å². The molecule has 0 aliphatic carbocycles. The van der Waals surface area contributed by atoms with Crippen molar-refractivity contribution >= 4 is 33.8 Å². The van der Waals surface area contributed by atoms with Gasteiger partial charge in [-0.15, -0.1) is 11.3 Å². The van der Waals surface area contributed by atoms with E-state index in [-0.39, 0.29) is 17.5 Å². The molecule has 1 rings (SSSR count). The van der Waals surface area contributed by atoms with Crippen molar-refractivity contribution in [3.05, 3.63) is 10.4 Å². The average molecular weight is 312 g/mol. The van der Waals surface area contributed by atoms with Crippen LogP contribution in [-0.2, 0) is 0 Å². The van der Waals surface area contributed by atoms with Crippen molar-refractivity contribution in [1.29, 1.82) is 0 Å². The van der Waals surface area contributed by atoms with Crippen molar-refractivity contribution in [1.82, 2.24) is 10.6 Å². The normalized spacial score (nSPS) is 10.2. The molecule has 1 aromatic rings. The van der Waals surface area contributed by atoms with Crippen molar-refractivity contribution in [2.75, 3.05) is 31.7 Å². The first-order valence-corrected chi connectivity index (χ1v) is 7.98. The zero-order valence-electron chi connectivity index (χ0n) is 12.8. The lowest BCUT2D eigenvalue weighted by atomic mass is 10.2. The molecule has 0 saturated heterocycles. The number of rotatable bonds is 8. The molecule has 7 heteroatoms. The second kappa shape index (κ2) is 8.51. The average Bonchev–Trinajstić information content (AvgIpc) is 2.82. The Kier molecular flexibility index (Phi) is 7.01. The second-order valence-electron chi connectivity index (χ2n) is 4.69. The molecule has 118 valence electrons. The summed E-state index contributed by atoms with van der Waals surface area (Å²) in [5.41, 5.74) is 6.55. The Morgan fingerprint density at radius 3 is 2.33 bits per heavy atom. The van der Waals surface area contributed by atoms with Crippen molar-refractivity contribution in [2.24, 2.45) is 0 Å². The summed E-state index contributed by atoms with van der Waals surface area (Å²) in [5, 5.41) is 8.97. The van der Waals surface area contributed by atoms with E-state index in [9.17, 15) is 9.59 Å². The predicted octanol–water partition coefficient (Wildman–Crippen LogP) is 2.04. The highest BCUT2D eigenvalue weighted by Crippen LogP contribution is 2.35. The predicted molar refractivity (Wildman–Crippen MR) is 88.1 cm³/mol. The number of hydrogen-bond donors (Lipinski definition) is 4. The monoisotopic (exact) mass is 312 g/mol. The molecule has 0 bridgehead atoms. The molecule has 0 atom stereocenters. The molecule has 6 nitrogen and oxygen atoms in total. The van der Waals surface area contributed by atoms with Crippen LogP contribution in [0, 0.1) is 0 Å². The third-order valence-corrected chi connectivity index (χ3v) is 4.31. The number of nitrogen functional groups attached to an aromatic ring is 1. The number of amides is 2. The summed E-state index contributed by atoms with van der Waals surface area (Å²) in [4.78, 5) is 24.1. The Balaban J connectivity index is 2.90. The minimum absolute atomic E-state index is 0.231. The molecule has 1 aromatic heterocycles. The van der Waals surface area contributed by atoms with E-state index in [0.29, 0.717) is 15.4 Å². The van der Waals surface area contributed by atoms with Crippen LogP contribution in [-0.4, -0.2) is 32.5 Å². The molecule has 2 amide bonds. The third kappa shape index (κ3) is 4.35. The molecule has 0 spiro atoms. The lowest BCUT2D eigenvalue weighted by Crippen LogP contribution is -2.21. The first kappa shape index (κ1) is 17.3. The number of nitrogens with one attached hydrogen (secondary N) is 3. The van der Waals surface area contributed by atoms with E-state index in [1.807, 2.05) is 0 Å². The van der Waals surface area contributed by atoms with Gasteiger partial charge in [0.1, 0.15) is 9.88 Å². The van der Waals surface area contributed by atoms with Crippen LogP contribution in [0.15, 0.2) is 0 Å². The van der Waals surface area contributed by atoms with Gasteiger partial charge in [-0.05, 0) is 6.42 Å². The maximum Gasteiger partial charge on any atom is 0.263 e. The zero-order valence-corrected chi connectivity index (χ0v) is 13.7. The van der Waals surface area contributed by atoms with Gasteiger partial charge in [0.2, 0.25) is 0 Å². The van der Waals surface area contributed by atoms with E-state index >= 15 is 0 Å². The lowest BCUT2D eigenvalue weighted by Gasteiger charge is -2.07. The van der Waals surface area contributed by atoms with Gasteiger partial charge in [-0.3, -0.25) is 9.59 Å². The Hall–Kier alpha value is -1.76. The van der Waals surface area contributed by atoms with Gasteiger partial charge in [0, 0.05) is 20.6 Å². The molecular formula is C14H24N4O2S. The number of unbranched alkanes of at least 4 members (excludes halogenated alkanes) is 3. The Labute approximate surface area is 129 Å². The Bertz CT molecular complexity index is 499. The van der Waals surface area contributed by atoms with Crippen LogP contribution in [0.25, 0.3) is 0 Å². The van der Waals surface area contributed by atoms with E-state index in [2.05, 4.69) is 22.9 Å². The van der Waals surface area contributed by atoms with E-state index in [4.69, 9.17) is 5.73 Å². The topological polar surface area (TPSA) is 96.2 Å². The van der Waals surface area contributed by atoms with Gasteiger partial charge in [0.15, 0.2) is 0 Å². The van der Waals surface area contributed by atoms with E-state index in [1.165, 1.54) is 24.2 Å². The molecular weight excluding hydrogens is 288 g/mol. The highest BCUT2D eigenvalue weighted by Gasteiger charge is 2.24. The van der Waals surface area contributed by atoms with Gasteiger partial charge < -0.3 is 21.7 Å². The summed E-state index contributed by atoms with van der Waals surface area (Å²) in [6.07, 6.45) is 4.53. The first-order valence-electron chi connectivity index (χ1n) is 7.17. The van der Waals surface area contributed by atoms with Crippen LogP contribution >= 0.6 is 11.3 Å². The van der Waals surface area contributed by atoms with E-state index < -0.39 is 0 Å². The molecule has 1 heterocycles. The van der Waals surface area contributed by atoms with Crippen molar-refractivity contribution in [3.63, 3.8) is 0 Å². The van der Waals surface area contributed by atoms with Crippen molar-refractivity contribution in [3.8, 4) is 0 Å². The fourth-order valence-corrected chi connectivity index (χ4v) is 3.04. The number of thiophene rings is 1. The van der Waals surface area contributed by atoms with Gasteiger partial charge in [0.05, 0.1) is 11.3 Å². The molecule has 0 aromatic carbocycles. The fourth-order valence-electron chi connectivity index (χ4n) is 1.95. The summed E-state index contributed by atoms with van der Waals surface area (Å²) in [6.45, 7) is 2.92. The molecule has 0 aliphatic rings. The van der Waals surface area contributed by atoms with Crippen molar-refractivity contribution < 1.29 is 9.59 Å². The van der Waals surface area contributed by atoms with E-state index in [0.717, 1.165) is 19.4 Å². The second-order valence-corrected chi connectivity index (χ2v) is 5.72. The number of carbonyl (C=O) groups excluding carboxylic acids is 2. The molecule has 21 heavy (non-hydrogen) atoms. The maximum absolute atomic E-state index is 12.0.